The van der Waals surface area contributed by atoms with Crippen LogP contribution in [0.1, 0.15) is 0 Å². The van der Waals surface area contributed by atoms with Crippen molar-refractivity contribution in [3.8, 4) is 0 Å². The van der Waals surface area contributed by atoms with Gasteiger partial charge in [0.1, 0.15) is 0 Å². The molecule has 0 amide bonds. The number of anilines is 3. The van der Waals surface area contributed by atoms with Crippen molar-refractivity contribution in [2.45, 2.75) is 0 Å². The summed E-state index contributed by atoms with van der Waals surface area (Å²) in [7, 11) is 1.71. The maximum atomic E-state index is 6.03. The molecule has 0 saturated carbocycles. The maximum absolute atomic E-state index is 6.03. The zero-order valence-corrected chi connectivity index (χ0v) is 9.83. The normalized spacial score (nSPS) is 10.4. The number of hydrogen-bond donors (Lipinski definition) is 1. The molecule has 0 aliphatic rings. The molecule has 0 aliphatic carbocycles. The number of benzene rings is 1. The molecule has 1 heterocycles. The second-order valence-electron chi connectivity index (χ2n) is 3.06. The minimum atomic E-state index is 0.0602. The van der Waals surface area contributed by atoms with Gasteiger partial charge in [0.25, 0.3) is 5.95 Å². The number of nitrogens with two attached hydrogens (primary N) is 1. The molecule has 0 radical (unpaired) electrons. The van der Waals surface area contributed by atoms with Crippen LogP contribution in [0.4, 0.5) is 17.7 Å². The van der Waals surface area contributed by atoms with Crippen molar-refractivity contribution in [2.75, 3.05) is 17.7 Å². The zero-order valence-electron chi connectivity index (χ0n) is 8.32. The van der Waals surface area contributed by atoms with Gasteiger partial charge in [-0.25, -0.2) is 0 Å². The topological polar surface area (TPSA) is 68.2 Å². The number of nitrogen functional groups attached to an aromatic ring is 1. The van der Waals surface area contributed by atoms with Crippen LogP contribution in [-0.2, 0) is 0 Å². The lowest BCUT2D eigenvalue weighted by Gasteiger charge is -2.16. The first kappa shape index (κ1) is 11.0. The first-order valence-corrected chi connectivity index (χ1v) is 5.12. The van der Waals surface area contributed by atoms with Crippen LogP contribution in [0.5, 0.6) is 0 Å². The average molecular weight is 259 g/mol. The van der Waals surface area contributed by atoms with E-state index in [-0.39, 0.29) is 12.0 Å². The summed E-state index contributed by atoms with van der Waals surface area (Å²) in [6, 6.07) is 5.43. The van der Waals surface area contributed by atoms with Gasteiger partial charge in [-0.15, -0.1) is 0 Å². The van der Waals surface area contributed by atoms with E-state index in [4.69, 9.17) is 33.5 Å². The Morgan fingerprint density at radius 2 is 1.94 bits per heavy atom. The van der Waals surface area contributed by atoms with Crippen molar-refractivity contribution in [3.05, 3.63) is 28.2 Å². The molecule has 16 heavy (non-hydrogen) atoms. The highest BCUT2D eigenvalue weighted by Gasteiger charge is 2.16. The Kier molecular flexibility index (Phi) is 2.89. The van der Waals surface area contributed by atoms with Gasteiger partial charge in [0.15, 0.2) is 0 Å². The zero-order chi connectivity index (χ0) is 11.7. The average Bonchev–Trinajstić information content (AvgIpc) is 2.64. The minimum Gasteiger partial charge on any atom is -0.365 e. The summed E-state index contributed by atoms with van der Waals surface area (Å²) in [6.07, 6.45) is 0. The lowest BCUT2D eigenvalue weighted by atomic mass is 10.3. The summed E-state index contributed by atoms with van der Waals surface area (Å²) in [4.78, 5) is 5.46. The lowest BCUT2D eigenvalue weighted by molar-refractivity contribution is 0.426. The molecular formula is C9H8Cl2N4O. The van der Waals surface area contributed by atoms with Gasteiger partial charge < -0.3 is 10.3 Å². The molecule has 2 aromatic rings. The van der Waals surface area contributed by atoms with Crippen LogP contribution >= 0.6 is 23.2 Å². The van der Waals surface area contributed by atoms with Crippen molar-refractivity contribution >= 4 is 40.9 Å². The van der Waals surface area contributed by atoms with Gasteiger partial charge in [-0.1, -0.05) is 29.3 Å². The largest absolute Gasteiger partial charge is 0.365 e. The molecule has 5 nitrogen and oxygen atoms in total. The molecule has 2 rings (SSSR count). The number of para-hydroxylation sites is 1. The summed E-state index contributed by atoms with van der Waals surface area (Å²) >= 11 is 12.1. The summed E-state index contributed by atoms with van der Waals surface area (Å²) in [5.74, 6) is 0.0602. The smallest absolute Gasteiger partial charge is 0.329 e. The van der Waals surface area contributed by atoms with Gasteiger partial charge in [-0.3, -0.25) is 4.90 Å². The molecule has 0 aliphatic heterocycles. The number of rotatable bonds is 2. The Hall–Kier alpha value is -1.46. The molecule has 0 saturated heterocycles. The molecule has 7 heteroatoms. The van der Waals surface area contributed by atoms with Gasteiger partial charge in [-0.05, 0) is 17.3 Å². The second-order valence-corrected chi connectivity index (χ2v) is 3.88. The highest BCUT2D eigenvalue weighted by molar-refractivity contribution is 6.39. The standard InChI is InChI=1S/C9H8Cl2N4O/c1-15(9-13-8(12)14-16-9)7-5(10)3-2-4-6(7)11/h2-4H,1H3,(H2,12,14). The van der Waals surface area contributed by atoms with Crippen LogP contribution in [0.15, 0.2) is 22.7 Å². The maximum Gasteiger partial charge on any atom is 0.329 e. The first-order valence-electron chi connectivity index (χ1n) is 4.36. The molecule has 0 fully saturated rings. The van der Waals surface area contributed by atoms with Crippen molar-refractivity contribution in [1.29, 1.82) is 0 Å². The van der Waals surface area contributed by atoms with E-state index < -0.39 is 0 Å². The van der Waals surface area contributed by atoms with Gasteiger partial charge in [0.05, 0.1) is 15.7 Å². The SMILES string of the molecule is CN(c1nc(N)no1)c1c(Cl)cccc1Cl. The van der Waals surface area contributed by atoms with Gasteiger partial charge in [0.2, 0.25) is 0 Å². The minimum absolute atomic E-state index is 0.0602. The Morgan fingerprint density at radius 3 is 2.44 bits per heavy atom. The highest BCUT2D eigenvalue weighted by Crippen LogP contribution is 2.36. The fourth-order valence-electron chi connectivity index (χ4n) is 1.27. The van der Waals surface area contributed by atoms with Gasteiger partial charge in [0, 0.05) is 7.05 Å². The molecule has 0 atom stereocenters. The van der Waals surface area contributed by atoms with Crippen molar-refractivity contribution in [2.24, 2.45) is 0 Å². The number of halogens is 2. The van der Waals surface area contributed by atoms with E-state index >= 15 is 0 Å². The summed E-state index contributed by atoms with van der Waals surface area (Å²) in [5.41, 5.74) is 5.95. The molecule has 1 aromatic heterocycles. The van der Waals surface area contributed by atoms with E-state index in [0.29, 0.717) is 15.7 Å². The van der Waals surface area contributed by atoms with Crippen LogP contribution in [0.25, 0.3) is 0 Å². The molecular weight excluding hydrogens is 251 g/mol. The van der Waals surface area contributed by atoms with Crippen LogP contribution in [0.2, 0.25) is 10.0 Å². The first-order chi connectivity index (χ1) is 7.59. The summed E-state index contributed by atoms with van der Waals surface area (Å²) < 4.78 is 4.91. The van der Waals surface area contributed by atoms with Crippen LogP contribution in [0, 0.1) is 0 Å². The van der Waals surface area contributed by atoms with Crippen molar-refractivity contribution in [3.63, 3.8) is 0 Å². The summed E-state index contributed by atoms with van der Waals surface area (Å²) in [6.45, 7) is 0. The fraction of sp³-hybridized carbons (Fsp3) is 0.111. The van der Waals surface area contributed by atoms with Gasteiger partial charge in [-0.2, -0.15) is 4.98 Å². The third-order valence-corrected chi connectivity index (χ3v) is 2.60. The third-order valence-electron chi connectivity index (χ3n) is 1.99. The van der Waals surface area contributed by atoms with Crippen LogP contribution in [-0.4, -0.2) is 17.2 Å². The Labute approximate surface area is 102 Å². The quantitative estimate of drug-likeness (QED) is 0.897. The van der Waals surface area contributed by atoms with E-state index in [1.54, 1.807) is 30.1 Å². The predicted octanol–water partition coefficient (Wildman–Crippen LogP) is 2.73. The van der Waals surface area contributed by atoms with Crippen molar-refractivity contribution in [1.82, 2.24) is 10.1 Å². The molecule has 2 N–H and O–H groups in total. The van der Waals surface area contributed by atoms with E-state index in [9.17, 15) is 0 Å². The van der Waals surface area contributed by atoms with Gasteiger partial charge >= 0.3 is 6.01 Å². The van der Waals surface area contributed by atoms with E-state index in [0.717, 1.165) is 0 Å². The second kappa shape index (κ2) is 4.19. The number of aromatic nitrogens is 2. The molecule has 0 unspecified atom stereocenters. The number of nitrogens with zero attached hydrogens (tertiary/aromatic N) is 3. The molecule has 84 valence electrons. The van der Waals surface area contributed by atoms with Crippen molar-refractivity contribution < 1.29 is 4.52 Å². The Bertz CT molecular complexity index is 494. The van der Waals surface area contributed by atoms with Crippen LogP contribution in [0.3, 0.4) is 0 Å². The van der Waals surface area contributed by atoms with E-state index in [1.807, 2.05) is 0 Å². The predicted molar refractivity (Wildman–Crippen MR) is 63.2 cm³/mol. The molecule has 1 aromatic carbocycles. The van der Waals surface area contributed by atoms with E-state index in [1.165, 1.54) is 0 Å². The highest BCUT2D eigenvalue weighted by atomic mass is 35.5. The molecule has 0 bridgehead atoms. The van der Waals surface area contributed by atoms with E-state index in [2.05, 4.69) is 10.1 Å². The monoisotopic (exact) mass is 258 g/mol. The van der Waals surface area contributed by atoms with Crippen LogP contribution < -0.4 is 10.6 Å². The molecule has 0 spiro atoms. The number of hydrogen-bond acceptors (Lipinski definition) is 5. The lowest BCUT2D eigenvalue weighted by Crippen LogP contribution is -2.11. The third kappa shape index (κ3) is 1.91. The fourth-order valence-corrected chi connectivity index (χ4v) is 1.92. The Morgan fingerprint density at radius 1 is 1.31 bits per heavy atom. The Balaban J connectivity index is 2.45. The summed E-state index contributed by atoms with van der Waals surface area (Å²) in [5, 5.41) is 4.47.